The molecule has 0 saturated carbocycles. The van der Waals surface area contributed by atoms with Gasteiger partial charge >= 0.3 is 0 Å². The molecule has 1 heterocycles. The Balaban J connectivity index is 0.00000180. The lowest BCUT2D eigenvalue weighted by Gasteiger charge is -2.27. The normalized spacial score (nSPS) is 16.1. The number of halogens is 1. The Labute approximate surface area is 140 Å². The highest BCUT2D eigenvalue weighted by Gasteiger charge is 2.11. The molecule has 1 aromatic carbocycles. The van der Waals surface area contributed by atoms with Crippen LogP contribution in [0.25, 0.3) is 0 Å². The molecule has 1 aliphatic rings. The minimum Gasteiger partial charge on any atom is -0.370 e. The summed E-state index contributed by atoms with van der Waals surface area (Å²) < 4.78 is 0. The van der Waals surface area contributed by atoms with Crippen LogP contribution < -0.4 is 5.73 Å². The molecular weight excluding hydrogens is 389 g/mol. The zero-order chi connectivity index (χ0) is 12.8. The number of hydrogen-bond acceptors (Lipinski definition) is 3. The number of nitrogens with two attached hydrogens (primary N) is 1. The minimum atomic E-state index is 0. The first-order valence-electron chi connectivity index (χ1n) is 6.05. The van der Waals surface area contributed by atoms with Crippen LogP contribution in [0.2, 0.25) is 0 Å². The van der Waals surface area contributed by atoms with E-state index in [1.54, 1.807) is 11.8 Å². The average molecular weight is 409 g/mol. The zero-order valence-electron chi connectivity index (χ0n) is 11.0. The lowest BCUT2D eigenvalue weighted by Crippen LogP contribution is -2.42. The highest BCUT2D eigenvalue weighted by atomic mass is 127. The van der Waals surface area contributed by atoms with Gasteiger partial charge in [-0.1, -0.05) is 12.1 Å². The van der Waals surface area contributed by atoms with Crippen molar-refractivity contribution in [3.63, 3.8) is 0 Å². The monoisotopic (exact) mass is 409 g/mol. The molecule has 2 rings (SSSR count). The van der Waals surface area contributed by atoms with E-state index in [0.717, 1.165) is 24.6 Å². The van der Waals surface area contributed by atoms with Crippen LogP contribution in [0.15, 0.2) is 34.2 Å². The van der Waals surface area contributed by atoms with Gasteiger partial charge in [-0.2, -0.15) is 11.8 Å². The Morgan fingerprint density at radius 2 is 1.95 bits per heavy atom. The van der Waals surface area contributed by atoms with Gasteiger partial charge in [-0.3, -0.25) is 0 Å². The lowest BCUT2D eigenvalue weighted by molar-refractivity contribution is 0.455. The SMILES string of the molecule is CSc1ccc(CN=C(N)N2CCSCC2)cc1.I. The van der Waals surface area contributed by atoms with Crippen molar-refractivity contribution in [2.75, 3.05) is 30.9 Å². The number of nitrogens with zero attached hydrogens (tertiary/aromatic N) is 2. The molecule has 0 bridgehead atoms. The summed E-state index contributed by atoms with van der Waals surface area (Å²) in [4.78, 5) is 7.93. The van der Waals surface area contributed by atoms with Gasteiger partial charge < -0.3 is 10.6 Å². The third kappa shape index (κ3) is 5.43. The Bertz CT molecular complexity index is 403. The van der Waals surface area contributed by atoms with Crippen LogP contribution >= 0.6 is 47.5 Å². The topological polar surface area (TPSA) is 41.6 Å². The molecule has 106 valence electrons. The fourth-order valence-corrected chi connectivity index (χ4v) is 3.11. The molecule has 1 aliphatic heterocycles. The van der Waals surface area contributed by atoms with Crippen LogP contribution in [0.3, 0.4) is 0 Å². The zero-order valence-corrected chi connectivity index (χ0v) is 15.0. The second-order valence-electron chi connectivity index (χ2n) is 4.12. The number of benzene rings is 1. The summed E-state index contributed by atoms with van der Waals surface area (Å²) in [5, 5.41) is 0. The molecule has 0 atom stereocenters. The molecule has 0 aliphatic carbocycles. The summed E-state index contributed by atoms with van der Waals surface area (Å²) >= 11 is 3.73. The van der Waals surface area contributed by atoms with Crippen molar-refractivity contribution in [1.82, 2.24) is 4.90 Å². The van der Waals surface area contributed by atoms with Crippen LogP contribution in [0.1, 0.15) is 5.56 Å². The number of rotatable bonds is 3. The number of guanidine groups is 1. The van der Waals surface area contributed by atoms with E-state index in [1.165, 1.54) is 10.5 Å². The second-order valence-corrected chi connectivity index (χ2v) is 6.23. The molecule has 0 aromatic heterocycles. The molecule has 0 amide bonds. The van der Waals surface area contributed by atoms with E-state index in [1.807, 2.05) is 11.8 Å². The van der Waals surface area contributed by atoms with E-state index >= 15 is 0 Å². The van der Waals surface area contributed by atoms with E-state index in [-0.39, 0.29) is 24.0 Å². The molecule has 0 radical (unpaired) electrons. The first kappa shape index (κ1) is 17.0. The van der Waals surface area contributed by atoms with Crippen LogP contribution in [-0.2, 0) is 6.54 Å². The predicted octanol–water partition coefficient (Wildman–Crippen LogP) is 2.89. The molecule has 0 spiro atoms. The maximum absolute atomic E-state index is 6.01. The quantitative estimate of drug-likeness (QED) is 0.361. The van der Waals surface area contributed by atoms with Gasteiger partial charge in [-0.15, -0.1) is 35.7 Å². The van der Waals surface area contributed by atoms with Crippen molar-refractivity contribution in [1.29, 1.82) is 0 Å². The number of aliphatic imine (C=N–C) groups is 1. The van der Waals surface area contributed by atoms with Crippen LogP contribution in [-0.4, -0.2) is 41.7 Å². The predicted molar refractivity (Wildman–Crippen MR) is 97.9 cm³/mol. The summed E-state index contributed by atoms with van der Waals surface area (Å²) in [6, 6.07) is 8.50. The highest BCUT2D eigenvalue weighted by Crippen LogP contribution is 2.15. The van der Waals surface area contributed by atoms with Gasteiger partial charge in [0.05, 0.1) is 6.54 Å². The smallest absolute Gasteiger partial charge is 0.191 e. The highest BCUT2D eigenvalue weighted by molar-refractivity contribution is 14.0. The molecule has 0 unspecified atom stereocenters. The summed E-state index contributed by atoms with van der Waals surface area (Å²) in [5.74, 6) is 2.99. The summed E-state index contributed by atoms with van der Waals surface area (Å²) in [5.41, 5.74) is 7.23. The van der Waals surface area contributed by atoms with E-state index in [0.29, 0.717) is 12.5 Å². The summed E-state index contributed by atoms with van der Waals surface area (Å²) in [7, 11) is 0. The molecular formula is C13H20IN3S2. The summed E-state index contributed by atoms with van der Waals surface area (Å²) in [6.07, 6.45) is 2.08. The van der Waals surface area contributed by atoms with Gasteiger partial charge in [-0.05, 0) is 24.0 Å². The van der Waals surface area contributed by atoms with Gasteiger partial charge in [0.15, 0.2) is 5.96 Å². The Kier molecular flexibility index (Phi) is 8.01. The maximum Gasteiger partial charge on any atom is 0.191 e. The van der Waals surface area contributed by atoms with Gasteiger partial charge in [0, 0.05) is 29.5 Å². The van der Waals surface area contributed by atoms with Gasteiger partial charge in [0.2, 0.25) is 0 Å². The van der Waals surface area contributed by atoms with Gasteiger partial charge in [0.1, 0.15) is 0 Å². The minimum absolute atomic E-state index is 0. The number of thioether (sulfide) groups is 2. The average Bonchev–Trinajstić information content (AvgIpc) is 2.46. The second kappa shape index (κ2) is 8.97. The van der Waals surface area contributed by atoms with E-state index in [9.17, 15) is 0 Å². The van der Waals surface area contributed by atoms with Crippen LogP contribution in [0.5, 0.6) is 0 Å². The molecule has 1 fully saturated rings. The van der Waals surface area contributed by atoms with Crippen LogP contribution in [0, 0.1) is 0 Å². The molecule has 3 nitrogen and oxygen atoms in total. The number of hydrogen-bond donors (Lipinski definition) is 1. The van der Waals surface area contributed by atoms with Gasteiger partial charge in [-0.25, -0.2) is 4.99 Å². The standard InChI is InChI=1S/C13H19N3S2.HI/c1-17-12-4-2-11(3-5-12)10-15-13(14)16-6-8-18-9-7-16;/h2-5H,6-10H2,1H3,(H2,14,15);1H. The Hall–Kier alpha value is -0.0800. The van der Waals surface area contributed by atoms with Crippen molar-refractivity contribution in [2.24, 2.45) is 10.7 Å². The van der Waals surface area contributed by atoms with Crippen molar-refractivity contribution in [3.05, 3.63) is 29.8 Å². The van der Waals surface area contributed by atoms with Crippen molar-refractivity contribution in [2.45, 2.75) is 11.4 Å². The third-order valence-corrected chi connectivity index (χ3v) is 4.60. The molecule has 6 heteroatoms. The maximum atomic E-state index is 6.01. The first-order chi connectivity index (χ1) is 8.79. The largest absolute Gasteiger partial charge is 0.370 e. The Morgan fingerprint density at radius 1 is 1.32 bits per heavy atom. The molecule has 1 saturated heterocycles. The molecule has 1 aromatic rings. The first-order valence-corrected chi connectivity index (χ1v) is 8.43. The van der Waals surface area contributed by atoms with E-state index in [4.69, 9.17) is 5.73 Å². The van der Waals surface area contributed by atoms with Crippen molar-refractivity contribution in [3.8, 4) is 0 Å². The molecule has 19 heavy (non-hydrogen) atoms. The van der Waals surface area contributed by atoms with Crippen molar-refractivity contribution < 1.29 is 0 Å². The third-order valence-electron chi connectivity index (χ3n) is 2.92. The lowest BCUT2D eigenvalue weighted by atomic mass is 10.2. The van der Waals surface area contributed by atoms with E-state index in [2.05, 4.69) is 40.4 Å². The fraction of sp³-hybridized carbons (Fsp3) is 0.462. The summed E-state index contributed by atoms with van der Waals surface area (Å²) in [6.45, 7) is 2.71. The Morgan fingerprint density at radius 3 is 2.53 bits per heavy atom. The van der Waals surface area contributed by atoms with Crippen LogP contribution in [0.4, 0.5) is 0 Å². The fourth-order valence-electron chi connectivity index (χ4n) is 1.80. The van der Waals surface area contributed by atoms with E-state index < -0.39 is 0 Å². The van der Waals surface area contributed by atoms with Crippen molar-refractivity contribution >= 4 is 53.5 Å². The van der Waals surface area contributed by atoms with Gasteiger partial charge in [0.25, 0.3) is 0 Å². The molecule has 2 N–H and O–H groups in total.